The van der Waals surface area contributed by atoms with Crippen molar-refractivity contribution in [3.05, 3.63) is 47.8 Å². The van der Waals surface area contributed by atoms with Gasteiger partial charge in [0, 0.05) is 24.4 Å². The van der Waals surface area contributed by atoms with Crippen LogP contribution >= 0.6 is 0 Å². The second-order valence-corrected chi connectivity index (χ2v) is 8.83. The first-order valence-electron chi connectivity index (χ1n) is 12.7. The van der Waals surface area contributed by atoms with E-state index in [1.807, 2.05) is 24.5 Å². The predicted molar refractivity (Wildman–Crippen MR) is 133 cm³/mol. The lowest BCUT2D eigenvalue weighted by Gasteiger charge is -2.12. The number of ketones is 1. The third-order valence-electron chi connectivity index (χ3n) is 5.92. The number of nitrogens with zero attached hydrogens (tertiary/aromatic N) is 2. The molecule has 33 heavy (non-hydrogen) atoms. The largest absolute Gasteiger partial charge is 0.451 e. The predicted octanol–water partition coefficient (Wildman–Crippen LogP) is 7.13. The minimum atomic E-state index is -0.721. The average Bonchev–Trinajstić information content (AvgIpc) is 2.84. The number of esters is 1. The standard InChI is InChI=1S/C28H40N2O3/c1-4-6-8-10-11-12-14-23-20-29-27(30-21-23)24-16-18-25(19-17-24)28(32)33-22(3)26(31)15-13-9-7-5-2/h16-22H,4-15H2,1-3H3. The molecule has 0 bridgehead atoms. The van der Waals surface area contributed by atoms with Crippen LogP contribution in [0.5, 0.6) is 0 Å². The Morgan fingerprint density at radius 3 is 2.03 bits per heavy atom. The van der Waals surface area contributed by atoms with Gasteiger partial charge >= 0.3 is 5.97 Å². The molecule has 5 nitrogen and oxygen atoms in total. The van der Waals surface area contributed by atoms with Crippen molar-refractivity contribution in [3.8, 4) is 11.4 Å². The molecule has 0 fully saturated rings. The van der Waals surface area contributed by atoms with E-state index >= 15 is 0 Å². The first kappa shape index (κ1) is 26.7. The van der Waals surface area contributed by atoms with Gasteiger partial charge in [0.1, 0.15) is 0 Å². The maximum Gasteiger partial charge on any atom is 0.338 e. The van der Waals surface area contributed by atoms with Crippen LogP contribution in [0.25, 0.3) is 11.4 Å². The summed E-state index contributed by atoms with van der Waals surface area (Å²) in [6.07, 6.45) is 16.3. The van der Waals surface area contributed by atoms with Gasteiger partial charge in [0.15, 0.2) is 17.7 Å². The molecule has 0 aliphatic carbocycles. The lowest BCUT2D eigenvalue weighted by molar-refractivity contribution is -0.127. The normalized spacial score (nSPS) is 11.8. The van der Waals surface area contributed by atoms with Crippen molar-refractivity contribution < 1.29 is 14.3 Å². The smallest absolute Gasteiger partial charge is 0.338 e. The van der Waals surface area contributed by atoms with E-state index in [1.54, 1.807) is 19.1 Å². The number of rotatable bonds is 16. The van der Waals surface area contributed by atoms with Crippen LogP contribution in [0, 0.1) is 0 Å². The number of aryl methyl sites for hydroxylation is 1. The molecule has 1 aromatic carbocycles. The lowest BCUT2D eigenvalue weighted by Crippen LogP contribution is -2.24. The van der Waals surface area contributed by atoms with Crippen molar-refractivity contribution in [2.45, 2.75) is 104 Å². The van der Waals surface area contributed by atoms with E-state index in [1.165, 1.54) is 38.5 Å². The summed E-state index contributed by atoms with van der Waals surface area (Å²) in [7, 11) is 0. The number of ether oxygens (including phenoxy) is 1. The summed E-state index contributed by atoms with van der Waals surface area (Å²) in [5, 5.41) is 0. The summed E-state index contributed by atoms with van der Waals surface area (Å²) in [4.78, 5) is 33.6. The Hall–Kier alpha value is -2.56. The van der Waals surface area contributed by atoms with Crippen molar-refractivity contribution in [1.29, 1.82) is 0 Å². The molecule has 0 N–H and O–H groups in total. The molecule has 1 unspecified atom stereocenters. The maximum atomic E-state index is 12.4. The maximum absolute atomic E-state index is 12.4. The Labute approximate surface area is 199 Å². The SMILES string of the molecule is CCCCCCCCc1cnc(-c2ccc(C(=O)OC(C)C(=O)CCCCCC)cc2)nc1. The van der Waals surface area contributed by atoms with Crippen LogP contribution in [-0.4, -0.2) is 27.8 Å². The van der Waals surface area contributed by atoms with Crippen LogP contribution in [0.3, 0.4) is 0 Å². The van der Waals surface area contributed by atoms with Gasteiger partial charge < -0.3 is 4.74 Å². The molecule has 1 heterocycles. The van der Waals surface area contributed by atoms with Gasteiger partial charge in [-0.15, -0.1) is 0 Å². The molecule has 1 atom stereocenters. The second-order valence-electron chi connectivity index (χ2n) is 8.83. The summed E-state index contributed by atoms with van der Waals surface area (Å²) < 4.78 is 5.37. The molecular weight excluding hydrogens is 412 g/mol. The van der Waals surface area contributed by atoms with E-state index in [0.29, 0.717) is 17.8 Å². The second kappa shape index (κ2) is 15.3. The van der Waals surface area contributed by atoms with E-state index in [0.717, 1.165) is 43.2 Å². The van der Waals surface area contributed by atoms with Crippen molar-refractivity contribution in [1.82, 2.24) is 9.97 Å². The van der Waals surface area contributed by atoms with Crippen molar-refractivity contribution in [3.63, 3.8) is 0 Å². The molecule has 2 rings (SSSR count). The van der Waals surface area contributed by atoms with Gasteiger partial charge in [-0.25, -0.2) is 14.8 Å². The number of aromatic nitrogens is 2. The molecule has 2 aromatic rings. The Balaban J connectivity index is 1.81. The summed E-state index contributed by atoms with van der Waals surface area (Å²) in [5.41, 5.74) is 2.42. The highest BCUT2D eigenvalue weighted by molar-refractivity contribution is 5.93. The minimum absolute atomic E-state index is 0.0227. The fraction of sp³-hybridized carbons (Fsp3) is 0.571. The monoisotopic (exact) mass is 452 g/mol. The minimum Gasteiger partial charge on any atom is -0.451 e. The summed E-state index contributed by atoms with van der Waals surface area (Å²) in [6, 6.07) is 7.03. The van der Waals surface area contributed by atoms with Crippen LogP contribution in [0.1, 0.15) is 107 Å². The average molecular weight is 453 g/mol. The summed E-state index contributed by atoms with van der Waals surface area (Å²) in [6.45, 7) is 6.02. The van der Waals surface area contributed by atoms with E-state index in [9.17, 15) is 9.59 Å². The Morgan fingerprint density at radius 2 is 1.39 bits per heavy atom. The zero-order valence-electron chi connectivity index (χ0n) is 20.6. The fourth-order valence-electron chi connectivity index (χ4n) is 3.72. The third kappa shape index (κ3) is 9.85. The fourth-order valence-corrected chi connectivity index (χ4v) is 3.72. The first-order chi connectivity index (χ1) is 16.0. The van der Waals surface area contributed by atoms with Crippen LogP contribution < -0.4 is 0 Å². The van der Waals surface area contributed by atoms with Crippen LogP contribution in [0.2, 0.25) is 0 Å². The number of carbonyl (C=O) groups excluding carboxylic acids is 2. The van der Waals surface area contributed by atoms with Crippen molar-refractivity contribution >= 4 is 11.8 Å². The highest BCUT2D eigenvalue weighted by Crippen LogP contribution is 2.17. The molecule has 0 aliphatic rings. The van der Waals surface area contributed by atoms with Gasteiger partial charge in [-0.3, -0.25) is 4.79 Å². The zero-order chi connectivity index (χ0) is 23.9. The number of unbranched alkanes of at least 4 members (excludes halogenated alkanes) is 8. The Kier molecular flexibility index (Phi) is 12.4. The number of benzene rings is 1. The molecule has 0 saturated heterocycles. The number of carbonyl (C=O) groups is 2. The van der Waals surface area contributed by atoms with Crippen LogP contribution in [0.4, 0.5) is 0 Å². The molecule has 0 saturated carbocycles. The van der Waals surface area contributed by atoms with Gasteiger partial charge in [-0.2, -0.15) is 0 Å². The molecule has 180 valence electrons. The molecule has 0 spiro atoms. The van der Waals surface area contributed by atoms with Gasteiger partial charge in [0.25, 0.3) is 0 Å². The van der Waals surface area contributed by atoms with Crippen LogP contribution in [0.15, 0.2) is 36.7 Å². The zero-order valence-corrected chi connectivity index (χ0v) is 20.6. The van der Waals surface area contributed by atoms with Gasteiger partial charge in [-0.05, 0) is 43.9 Å². The van der Waals surface area contributed by atoms with E-state index in [2.05, 4.69) is 23.8 Å². The molecule has 0 aliphatic heterocycles. The number of hydrogen-bond donors (Lipinski definition) is 0. The molecule has 1 aromatic heterocycles. The topological polar surface area (TPSA) is 69.2 Å². The summed E-state index contributed by atoms with van der Waals surface area (Å²) >= 11 is 0. The molecule has 5 heteroatoms. The van der Waals surface area contributed by atoms with Gasteiger partial charge in [0.05, 0.1) is 5.56 Å². The Bertz CT molecular complexity index is 831. The molecular formula is C28H40N2O3. The quantitative estimate of drug-likeness (QED) is 0.200. The summed E-state index contributed by atoms with van der Waals surface area (Å²) in [5.74, 6) is 0.133. The van der Waals surface area contributed by atoms with Crippen molar-refractivity contribution in [2.24, 2.45) is 0 Å². The van der Waals surface area contributed by atoms with Crippen LogP contribution in [-0.2, 0) is 16.0 Å². The van der Waals surface area contributed by atoms with E-state index in [4.69, 9.17) is 4.74 Å². The Morgan fingerprint density at radius 1 is 0.818 bits per heavy atom. The van der Waals surface area contributed by atoms with Crippen molar-refractivity contribution in [2.75, 3.05) is 0 Å². The lowest BCUT2D eigenvalue weighted by atomic mass is 10.1. The highest BCUT2D eigenvalue weighted by atomic mass is 16.5. The highest BCUT2D eigenvalue weighted by Gasteiger charge is 2.18. The number of hydrogen-bond acceptors (Lipinski definition) is 5. The van der Waals surface area contributed by atoms with Gasteiger partial charge in [-0.1, -0.05) is 77.3 Å². The third-order valence-corrected chi connectivity index (χ3v) is 5.92. The first-order valence-corrected chi connectivity index (χ1v) is 12.7. The van der Waals surface area contributed by atoms with E-state index < -0.39 is 12.1 Å². The molecule has 0 amide bonds. The van der Waals surface area contributed by atoms with E-state index in [-0.39, 0.29) is 5.78 Å². The van der Waals surface area contributed by atoms with Gasteiger partial charge in [0.2, 0.25) is 0 Å². The number of Topliss-reactive ketones (excluding diaryl/α,β-unsaturated/α-hetero) is 1. The molecule has 0 radical (unpaired) electrons.